The van der Waals surface area contributed by atoms with E-state index in [4.69, 9.17) is 0 Å². The van der Waals surface area contributed by atoms with Crippen LogP contribution in [0.3, 0.4) is 0 Å². The first-order valence-electron chi connectivity index (χ1n) is 7.53. The van der Waals surface area contributed by atoms with Crippen molar-refractivity contribution in [2.75, 3.05) is 24.5 Å². The van der Waals surface area contributed by atoms with Gasteiger partial charge in [0, 0.05) is 32.3 Å². The summed E-state index contributed by atoms with van der Waals surface area (Å²) in [5.74, 6) is 1.61. The molecule has 1 amide bonds. The van der Waals surface area contributed by atoms with Crippen LogP contribution in [0.25, 0.3) is 0 Å². The van der Waals surface area contributed by atoms with Gasteiger partial charge < -0.3 is 10.2 Å². The first-order valence-corrected chi connectivity index (χ1v) is 7.53. The number of nitrogens with one attached hydrogen (secondary N) is 1. The molecule has 0 atom stereocenters. The summed E-state index contributed by atoms with van der Waals surface area (Å²) in [5, 5.41) is 2.95. The van der Waals surface area contributed by atoms with Gasteiger partial charge in [0.25, 0.3) is 0 Å². The van der Waals surface area contributed by atoms with Crippen LogP contribution in [0.1, 0.15) is 39.7 Å². The molecule has 0 aromatic carbocycles. The maximum atomic E-state index is 11.7. The highest BCUT2D eigenvalue weighted by atomic mass is 16.1. The molecule has 1 heterocycles. The Bertz CT molecular complexity index is 414. The minimum Gasteiger partial charge on any atom is -0.357 e. The molecule has 112 valence electrons. The van der Waals surface area contributed by atoms with Gasteiger partial charge in [0.05, 0.1) is 0 Å². The maximum absolute atomic E-state index is 11.7. The molecule has 0 spiro atoms. The van der Waals surface area contributed by atoms with E-state index in [2.05, 4.69) is 49.0 Å². The van der Waals surface area contributed by atoms with Crippen molar-refractivity contribution in [2.24, 2.45) is 5.92 Å². The maximum Gasteiger partial charge on any atom is 0.220 e. The fourth-order valence-electron chi connectivity index (χ4n) is 2.00. The van der Waals surface area contributed by atoms with Crippen LogP contribution in [0.15, 0.2) is 18.3 Å². The van der Waals surface area contributed by atoms with Gasteiger partial charge in [-0.05, 0) is 43.9 Å². The molecule has 1 aromatic rings. The van der Waals surface area contributed by atoms with E-state index < -0.39 is 0 Å². The SMILES string of the molecule is CCN(CC)c1cc(CCC(=O)NCC(C)C)ccn1. The van der Waals surface area contributed by atoms with Crippen LogP contribution in [-0.4, -0.2) is 30.5 Å². The molecule has 0 bridgehead atoms. The van der Waals surface area contributed by atoms with Crippen LogP contribution in [0.2, 0.25) is 0 Å². The lowest BCUT2D eigenvalue weighted by Crippen LogP contribution is -2.27. The highest BCUT2D eigenvalue weighted by Crippen LogP contribution is 2.13. The third-order valence-electron chi connectivity index (χ3n) is 3.25. The molecule has 4 nitrogen and oxygen atoms in total. The van der Waals surface area contributed by atoms with Gasteiger partial charge >= 0.3 is 0 Å². The summed E-state index contributed by atoms with van der Waals surface area (Å²) in [7, 11) is 0. The number of carbonyl (C=O) groups is 1. The molecule has 1 aromatic heterocycles. The summed E-state index contributed by atoms with van der Waals surface area (Å²) in [6, 6.07) is 4.07. The monoisotopic (exact) mass is 277 g/mol. The van der Waals surface area contributed by atoms with Gasteiger partial charge in [0.1, 0.15) is 5.82 Å². The van der Waals surface area contributed by atoms with Gasteiger partial charge in [-0.3, -0.25) is 4.79 Å². The molecule has 0 aliphatic carbocycles. The van der Waals surface area contributed by atoms with Crippen molar-refractivity contribution >= 4 is 11.7 Å². The lowest BCUT2D eigenvalue weighted by Gasteiger charge is -2.20. The van der Waals surface area contributed by atoms with Crippen molar-refractivity contribution in [3.05, 3.63) is 23.9 Å². The van der Waals surface area contributed by atoms with Crippen molar-refractivity contribution in [2.45, 2.75) is 40.5 Å². The minimum absolute atomic E-state index is 0.125. The third-order valence-corrected chi connectivity index (χ3v) is 3.25. The number of amides is 1. The van der Waals surface area contributed by atoms with Crippen molar-refractivity contribution in [3.8, 4) is 0 Å². The second-order valence-electron chi connectivity index (χ2n) is 5.39. The average molecular weight is 277 g/mol. The zero-order valence-corrected chi connectivity index (χ0v) is 13.1. The number of carbonyl (C=O) groups excluding carboxylic acids is 1. The molecule has 0 aliphatic rings. The zero-order valence-electron chi connectivity index (χ0n) is 13.1. The van der Waals surface area contributed by atoms with E-state index in [0.717, 1.165) is 31.9 Å². The number of aromatic nitrogens is 1. The molecule has 0 saturated carbocycles. The fourth-order valence-corrected chi connectivity index (χ4v) is 2.00. The molecule has 1 rings (SSSR count). The summed E-state index contributed by atoms with van der Waals surface area (Å²) in [6.07, 6.45) is 3.13. The summed E-state index contributed by atoms with van der Waals surface area (Å²) in [4.78, 5) is 18.3. The van der Waals surface area contributed by atoms with Crippen LogP contribution in [-0.2, 0) is 11.2 Å². The minimum atomic E-state index is 0.125. The zero-order chi connectivity index (χ0) is 15.0. The van der Waals surface area contributed by atoms with E-state index in [1.54, 1.807) is 0 Å². The fraction of sp³-hybridized carbons (Fsp3) is 0.625. The molecule has 0 radical (unpaired) electrons. The number of anilines is 1. The standard InChI is InChI=1S/C16H27N3O/c1-5-19(6-2)15-11-14(9-10-17-15)7-8-16(20)18-12-13(3)4/h9-11,13H,5-8,12H2,1-4H3,(H,18,20). The van der Waals surface area contributed by atoms with Crippen molar-refractivity contribution in [3.63, 3.8) is 0 Å². The smallest absolute Gasteiger partial charge is 0.220 e. The molecule has 0 aliphatic heterocycles. The van der Waals surface area contributed by atoms with Gasteiger partial charge in [-0.25, -0.2) is 4.98 Å². The Hall–Kier alpha value is -1.58. The molecule has 20 heavy (non-hydrogen) atoms. The van der Waals surface area contributed by atoms with Crippen molar-refractivity contribution < 1.29 is 4.79 Å². The number of hydrogen-bond donors (Lipinski definition) is 1. The van der Waals surface area contributed by atoms with Gasteiger partial charge in [0.15, 0.2) is 0 Å². The number of hydrogen-bond acceptors (Lipinski definition) is 3. The second kappa shape index (κ2) is 8.56. The lowest BCUT2D eigenvalue weighted by molar-refractivity contribution is -0.121. The topological polar surface area (TPSA) is 45.2 Å². The van der Waals surface area contributed by atoms with Crippen LogP contribution in [0, 0.1) is 5.92 Å². The summed E-state index contributed by atoms with van der Waals surface area (Å²) in [5.41, 5.74) is 1.17. The Morgan fingerprint density at radius 1 is 1.35 bits per heavy atom. The summed E-state index contributed by atoms with van der Waals surface area (Å²) in [6.45, 7) is 11.1. The van der Waals surface area contributed by atoms with Gasteiger partial charge in [-0.1, -0.05) is 13.8 Å². The van der Waals surface area contributed by atoms with Crippen LogP contribution < -0.4 is 10.2 Å². The summed E-state index contributed by atoms with van der Waals surface area (Å²) < 4.78 is 0. The predicted octanol–water partition coefficient (Wildman–Crippen LogP) is 2.63. The lowest BCUT2D eigenvalue weighted by atomic mass is 10.1. The van der Waals surface area contributed by atoms with Gasteiger partial charge in [-0.2, -0.15) is 0 Å². The van der Waals surface area contributed by atoms with E-state index in [1.165, 1.54) is 5.56 Å². The Labute approximate surface area is 122 Å². The molecule has 0 fully saturated rings. The van der Waals surface area contributed by atoms with Gasteiger partial charge in [0.2, 0.25) is 5.91 Å². The quantitative estimate of drug-likeness (QED) is 0.794. The molecular weight excluding hydrogens is 250 g/mol. The first-order chi connectivity index (χ1) is 9.56. The second-order valence-corrected chi connectivity index (χ2v) is 5.39. The predicted molar refractivity (Wildman–Crippen MR) is 84.0 cm³/mol. The summed E-state index contributed by atoms with van der Waals surface area (Å²) >= 11 is 0. The number of nitrogens with zero attached hydrogens (tertiary/aromatic N) is 2. The number of pyridine rings is 1. The van der Waals surface area contributed by atoms with E-state index in [0.29, 0.717) is 12.3 Å². The normalized spacial score (nSPS) is 10.7. The molecule has 4 heteroatoms. The highest BCUT2D eigenvalue weighted by molar-refractivity contribution is 5.76. The van der Waals surface area contributed by atoms with Crippen LogP contribution in [0.4, 0.5) is 5.82 Å². The van der Waals surface area contributed by atoms with Crippen LogP contribution in [0.5, 0.6) is 0 Å². The first kappa shape index (κ1) is 16.5. The number of aryl methyl sites for hydroxylation is 1. The third kappa shape index (κ3) is 5.59. The van der Waals surface area contributed by atoms with Crippen LogP contribution >= 0.6 is 0 Å². The molecular formula is C16H27N3O. The van der Waals surface area contributed by atoms with E-state index >= 15 is 0 Å². The molecule has 0 unspecified atom stereocenters. The van der Waals surface area contributed by atoms with Gasteiger partial charge in [-0.15, -0.1) is 0 Å². The van der Waals surface area contributed by atoms with Crippen molar-refractivity contribution in [1.29, 1.82) is 0 Å². The number of rotatable bonds is 8. The Balaban J connectivity index is 2.52. The Morgan fingerprint density at radius 2 is 2.05 bits per heavy atom. The largest absolute Gasteiger partial charge is 0.357 e. The van der Waals surface area contributed by atoms with Crippen molar-refractivity contribution in [1.82, 2.24) is 10.3 Å². The van der Waals surface area contributed by atoms with E-state index in [1.807, 2.05) is 12.3 Å². The molecule has 0 saturated heterocycles. The van der Waals surface area contributed by atoms with E-state index in [-0.39, 0.29) is 5.91 Å². The highest BCUT2D eigenvalue weighted by Gasteiger charge is 2.06. The Kier molecular flexibility index (Phi) is 7.05. The Morgan fingerprint density at radius 3 is 2.65 bits per heavy atom. The molecule has 1 N–H and O–H groups in total. The van der Waals surface area contributed by atoms with E-state index in [9.17, 15) is 4.79 Å². The average Bonchev–Trinajstić information content (AvgIpc) is 2.45.